The van der Waals surface area contributed by atoms with Crippen molar-refractivity contribution >= 4 is 11.8 Å². The second kappa shape index (κ2) is 10.0. The lowest BCUT2D eigenvalue weighted by atomic mass is 9.95. The Balaban J connectivity index is 1.40. The van der Waals surface area contributed by atoms with Crippen molar-refractivity contribution in [3.05, 3.63) is 54.0 Å². The van der Waals surface area contributed by atoms with Gasteiger partial charge >= 0.3 is 0 Å². The normalized spacial score (nSPS) is 18.7. The van der Waals surface area contributed by atoms with E-state index < -0.39 is 0 Å². The van der Waals surface area contributed by atoms with Crippen molar-refractivity contribution < 1.29 is 18.7 Å². The Morgan fingerprint density at radius 3 is 2.52 bits per heavy atom. The molecule has 0 radical (unpaired) electrons. The zero-order chi connectivity index (χ0) is 21.6. The maximum absolute atomic E-state index is 13.2. The van der Waals surface area contributed by atoms with Crippen molar-refractivity contribution in [1.29, 1.82) is 0 Å². The number of para-hydroxylation sites is 1. The Kier molecular flexibility index (Phi) is 6.92. The number of nitrogens with one attached hydrogen (secondary N) is 1. The number of nitrogens with zero attached hydrogens (tertiary/aromatic N) is 2. The van der Waals surface area contributed by atoms with Crippen LogP contribution in [0.15, 0.2) is 47.1 Å². The van der Waals surface area contributed by atoms with Crippen molar-refractivity contribution in [1.82, 2.24) is 15.1 Å². The number of benzene rings is 1. The average Bonchev–Trinajstić information content (AvgIpc) is 3.52. The highest BCUT2D eigenvalue weighted by Crippen LogP contribution is 2.31. The minimum Gasteiger partial charge on any atom is -0.496 e. The van der Waals surface area contributed by atoms with Crippen molar-refractivity contribution in [2.24, 2.45) is 5.92 Å². The van der Waals surface area contributed by atoms with Gasteiger partial charge in [-0.2, -0.15) is 0 Å². The Morgan fingerprint density at radius 2 is 1.84 bits per heavy atom. The molecule has 7 nitrogen and oxygen atoms in total. The summed E-state index contributed by atoms with van der Waals surface area (Å²) in [6, 6.07) is 10.9. The SMILES string of the molecule is COc1ccccc1C(=O)N1CCN(C(C(=O)NCc2ccco2)C2CCCC2)CC1. The van der Waals surface area contributed by atoms with Crippen molar-refractivity contribution in [2.75, 3.05) is 33.3 Å². The topological polar surface area (TPSA) is 75.0 Å². The van der Waals surface area contributed by atoms with Gasteiger partial charge in [0.25, 0.3) is 5.91 Å². The molecule has 2 aliphatic rings. The lowest BCUT2D eigenvalue weighted by Crippen LogP contribution is -2.57. The summed E-state index contributed by atoms with van der Waals surface area (Å²) in [5.41, 5.74) is 0.585. The molecule has 1 saturated carbocycles. The lowest BCUT2D eigenvalue weighted by molar-refractivity contribution is -0.129. The van der Waals surface area contributed by atoms with Crippen LogP contribution in [0.2, 0.25) is 0 Å². The fourth-order valence-electron chi connectivity index (χ4n) is 4.84. The smallest absolute Gasteiger partial charge is 0.257 e. The molecule has 1 unspecified atom stereocenters. The molecule has 1 atom stereocenters. The van der Waals surface area contributed by atoms with Gasteiger partial charge in [0.2, 0.25) is 5.91 Å². The lowest BCUT2D eigenvalue weighted by Gasteiger charge is -2.40. The molecule has 2 heterocycles. The van der Waals surface area contributed by atoms with Crippen LogP contribution in [-0.4, -0.2) is 60.9 Å². The average molecular weight is 426 g/mol. The van der Waals surface area contributed by atoms with Crippen LogP contribution in [0.1, 0.15) is 41.8 Å². The minimum absolute atomic E-state index is 0.0169. The van der Waals surface area contributed by atoms with Gasteiger partial charge < -0.3 is 19.4 Å². The van der Waals surface area contributed by atoms with E-state index in [1.54, 1.807) is 19.4 Å². The Hall–Kier alpha value is -2.80. The van der Waals surface area contributed by atoms with Crippen LogP contribution >= 0.6 is 0 Å². The zero-order valence-corrected chi connectivity index (χ0v) is 18.1. The molecule has 0 spiro atoms. The van der Waals surface area contributed by atoms with Gasteiger partial charge in [0.1, 0.15) is 11.5 Å². The van der Waals surface area contributed by atoms with Crippen molar-refractivity contribution in [3.63, 3.8) is 0 Å². The van der Waals surface area contributed by atoms with Crippen LogP contribution in [0.5, 0.6) is 5.75 Å². The monoisotopic (exact) mass is 425 g/mol. The molecule has 2 amide bonds. The van der Waals surface area contributed by atoms with Crippen LogP contribution in [0.4, 0.5) is 0 Å². The van der Waals surface area contributed by atoms with Gasteiger partial charge in [-0.1, -0.05) is 25.0 Å². The Morgan fingerprint density at radius 1 is 1.10 bits per heavy atom. The zero-order valence-electron chi connectivity index (χ0n) is 18.1. The number of methoxy groups -OCH3 is 1. The second-order valence-corrected chi connectivity index (χ2v) is 8.31. The third-order valence-electron chi connectivity index (χ3n) is 6.46. The van der Waals surface area contributed by atoms with E-state index in [2.05, 4.69) is 10.2 Å². The molecule has 166 valence electrons. The number of amides is 2. The number of carbonyl (C=O) groups excluding carboxylic acids is 2. The first-order valence-corrected chi connectivity index (χ1v) is 11.1. The fourth-order valence-corrected chi connectivity index (χ4v) is 4.84. The molecule has 1 aromatic heterocycles. The number of hydrogen-bond acceptors (Lipinski definition) is 5. The molecule has 31 heavy (non-hydrogen) atoms. The molecule has 0 bridgehead atoms. The summed E-state index contributed by atoms with van der Waals surface area (Å²) in [7, 11) is 1.58. The van der Waals surface area contributed by atoms with E-state index in [9.17, 15) is 9.59 Å². The molecular formula is C24H31N3O4. The summed E-state index contributed by atoms with van der Waals surface area (Å²) in [4.78, 5) is 30.3. The molecule has 2 aromatic rings. The maximum Gasteiger partial charge on any atom is 0.257 e. The van der Waals surface area contributed by atoms with E-state index in [0.29, 0.717) is 50.0 Å². The van der Waals surface area contributed by atoms with E-state index in [-0.39, 0.29) is 17.9 Å². The van der Waals surface area contributed by atoms with E-state index >= 15 is 0 Å². The van der Waals surface area contributed by atoms with Gasteiger partial charge in [-0.05, 0) is 43.0 Å². The largest absolute Gasteiger partial charge is 0.496 e. The van der Waals surface area contributed by atoms with Gasteiger partial charge in [-0.15, -0.1) is 0 Å². The summed E-state index contributed by atoms with van der Waals surface area (Å²) in [5.74, 6) is 1.76. The first-order valence-electron chi connectivity index (χ1n) is 11.1. The number of furan rings is 1. The first-order chi connectivity index (χ1) is 15.2. The van der Waals surface area contributed by atoms with Crippen LogP contribution in [-0.2, 0) is 11.3 Å². The number of carbonyl (C=O) groups is 2. The Labute approximate surface area is 183 Å². The molecule has 1 aliphatic carbocycles. The van der Waals surface area contributed by atoms with E-state index in [1.807, 2.05) is 35.2 Å². The summed E-state index contributed by atoms with van der Waals surface area (Å²) in [6.07, 6.45) is 6.14. The summed E-state index contributed by atoms with van der Waals surface area (Å²) in [6.45, 7) is 2.99. The van der Waals surface area contributed by atoms with Gasteiger partial charge in [0.15, 0.2) is 0 Å². The highest BCUT2D eigenvalue weighted by atomic mass is 16.5. The second-order valence-electron chi connectivity index (χ2n) is 8.31. The van der Waals surface area contributed by atoms with Gasteiger partial charge in [0.05, 0.1) is 31.5 Å². The number of hydrogen-bond donors (Lipinski definition) is 1. The third kappa shape index (κ3) is 4.93. The molecule has 1 aromatic carbocycles. The van der Waals surface area contributed by atoms with E-state index in [1.165, 1.54) is 12.8 Å². The fraction of sp³-hybridized carbons (Fsp3) is 0.500. The molecular weight excluding hydrogens is 394 g/mol. The predicted octanol–water partition coefficient (Wildman–Crippen LogP) is 2.92. The van der Waals surface area contributed by atoms with Gasteiger partial charge in [-0.3, -0.25) is 14.5 Å². The third-order valence-corrected chi connectivity index (χ3v) is 6.46. The highest BCUT2D eigenvalue weighted by Gasteiger charge is 2.37. The van der Waals surface area contributed by atoms with Crippen molar-refractivity contribution in [3.8, 4) is 5.75 Å². The van der Waals surface area contributed by atoms with Crippen LogP contribution in [0, 0.1) is 5.92 Å². The van der Waals surface area contributed by atoms with Gasteiger partial charge in [-0.25, -0.2) is 0 Å². The number of rotatable bonds is 7. The molecule has 2 fully saturated rings. The van der Waals surface area contributed by atoms with Crippen LogP contribution < -0.4 is 10.1 Å². The summed E-state index contributed by atoms with van der Waals surface area (Å²) < 4.78 is 10.7. The summed E-state index contributed by atoms with van der Waals surface area (Å²) >= 11 is 0. The summed E-state index contributed by atoms with van der Waals surface area (Å²) in [5, 5.41) is 3.06. The standard InChI is InChI=1S/C24H31N3O4/c1-30-21-11-5-4-10-20(21)24(29)27-14-12-26(13-15-27)22(18-7-2-3-8-18)23(28)25-17-19-9-6-16-31-19/h4-6,9-11,16,18,22H,2-3,7-8,12-15,17H2,1H3,(H,25,28). The Bertz CT molecular complexity index is 869. The quantitative estimate of drug-likeness (QED) is 0.738. The van der Waals surface area contributed by atoms with Crippen LogP contribution in [0.25, 0.3) is 0 Å². The number of ether oxygens (including phenoxy) is 1. The molecule has 1 N–H and O–H groups in total. The van der Waals surface area contributed by atoms with Crippen molar-refractivity contribution in [2.45, 2.75) is 38.3 Å². The van der Waals surface area contributed by atoms with E-state index in [0.717, 1.165) is 18.6 Å². The van der Waals surface area contributed by atoms with Crippen LogP contribution in [0.3, 0.4) is 0 Å². The predicted molar refractivity (Wildman–Crippen MR) is 117 cm³/mol. The maximum atomic E-state index is 13.2. The molecule has 7 heteroatoms. The molecule has 1 saturated heterocycles. The van der Waals surface area contributed by atoms with E-state index in [4.69, 9.17) is 9.15 Å². The highest BCUT2D eigenvalue weighted by molar-refractivity contribution is 5.97. The molecule has 4 rings (SSSR count). The molecule has 1 aliphatic heterocycles. The van der Waals surface area contributed by atoms with Gasteiger partial charge in [0, 0.05) is 26.2 Å². The first kappa shape index (κ1) is 21.4. The number of piperazine rings is 1. The minimum atomic E-state index is -0.152.